The summed E-state index contributed by atoms with van der Waals surface area (Å²) >= 11 is 0. The number of hydrogen-bond acceptors (Lipinski definition) is 7. The number of aromatic nitrogens is 2. The summed E-state index contributed by atoms with van der Waals surface area (Å²) in [4.78, 5) is 23.2. The molecule has 1 unspecified atom stereocenters. The monoisotopic (exact) mass is 460 g/mol. The zero-order valence-corrected chi connectivity index (χ0v) is 18.7. The van der Waals surface area contributed by atoms with Gasteiger partial charge in [-0.05, 0) is 30.9 Å². The van der Waals surface area contributed by atoms with Crippen molar-refractivity contribution in [3.63, 3.8) is 0 Å². The molecule has 2 aliphatic rings. The molecular weight excluding hydrogens is 435 g/mol. The van der Waals surface area contributed by atoms with E-state index in [4.69, 9.17) is 10.5 Å². The van der Waals surface area contributed by atoms with Gasteiger partial charge >= 0.3 is 0 Å². The van der Waals surface area contributed by atoms with Crippen molar-refractivity contribution < 1.29 is 13.9 Å². The fourth-order valence-corrected chi connectivity index (χ4v) is 4.09. The van der Waals surface area contributed by atoms with Crippen LogP contribution in [0.25, 0.3) is 11.3 Å². The van der Waals surface area contributed by atoms with Crippen LogP contribution in [0.2, 0.25) is 0 Å². The number of nitrogens with one attached hydrogen (secondary N) is 1. The van der Waals surface area contributed by atoms with E-state index < -0.39 is 12.0 Å². The van der Waals surface area contributed by atoms with Crippen molar-refractivity contribution in [1.82, 2.24) is 20.3 Å². The van der Waals surface area contributed by atoms with E-state index in [1.165, 1.54) is 18.3 Å². The maximum Gasteiger partial charge on any atom is 0.263 e. The molecule has 0 radical (unpaired) electrons. The lowest BCUT2D eigenvalue weighted by atomic mass is 9.98. The number of carbonyl (C=O) groups excluding carboxylic acids is 1. The lowest BCUT2D eigenvalue weighted by Gasteiger charge is -2.30. The molecule has 174 valence electrons. The number of amides is 1. The van der Waals surface area contributed by atoms with Gasteiger partial charge in [0.15, 0.2) is 11.5 Å². The summed E-state index contributed by atoms with van der Waals surface area (Å²) in [5.41, 5.74) is 11.0. The van der Waals surface area contributed by atoms with Gasteiger partial charge in [0.1, 0.15) is 5.82 Å². The molecule has 5 rings (SSSR count). The van der Waals surface area contributed by atoms with Crippen molar-refractivity contribution in [2.24, 2.45) is 11.0 Å². The van der Waals surface area contributed by atoms with Crippen LogP contribution in [-0.4, -0.2) is 39.8 Å². The molecule has 8 nitrogen and oxygen atoms in total. The van der Waals surface area contributed by atoms with Crippen LogP contribution in [0.3, 0.4) is 0 Å². The van der Waals surface area contributed by atoms with Gasteiger partial charge in [-0.25, -0.2) is 14.4 Å². The molecule has 3 heterocycles. The maximum absolute atomic E-state index is 15.0. The molecular formula is C25H25FN6O2. The van der Waals surface area contributed by atoms with Crippen LogP contribution in [0.4, 0.5) is 10.2 Å². The number of ether oxygens (including phenoxy) is 1. The summed E-state index contributed by atoms with van der Waals surface area (Å²) in [7, 11) is 0. The third-order valence-corrected chi connectivity index (χ3v) is 6.18. The Hall–Kier alpha value is -4.01. The van der Waals surface area contributed by atoms with Crippen molar-refractivity contribution >= 4 is 17.6 Å². The van der Waals surface area contributed by atoms with Crippen molar-refractivity contribution in [2.75, 3.05) is 18.8 Å². The topological polar surface area (TPSA) is 106 Å². The number of piperidine rings is 1. The van der Waals surface area contributed by atoms with Gasteiger partial charge in [-0.2, -0.15) is 0 Å². The Labute approximate surface area is 196 Å². The Kier molecular flexibility index (Phi) is 5.83. The van der Waals surface area contributed by atoms with Crippen molar-refractivity contribution in [2.45, 2.75) is 26.0 Å². The van der Waals surface area contributed by atoms with Crippen LogP contribution in [0, 0.1) is 11.7 Å². The lowest BCUT2D eigenvalue weighted by molar-refractivity contribution is 0.0692. The molecule has 34 heavy (non-hydrogen) atoms. The highest BCUT2D eigenvalue weighted by Gasteiger charge is 2.27. The molecule has 2 aliphatic heterocycles. The molecule has 1 atom stereocenters. The van der Waals surface area contributed by atoms with Crippen LogP contribution < -0.4 is 11.2 Å². The average Bonchev–Trinajstić information content (AvgIpc) is 3.35. The zero-order chi connectivity index (χ0) is 23.7. The van der Waals surface area contributed by atoms with Gasteiger partial charge < -0.3 is 15.4 Å². The quantitative estimate of drug-likeness (QED) is 0.615. The fourth-order valence-electron chi connectivity index (χ4n) is 4.09. The van der Waals surface area contributed by atoms with E-state index >= 15 is 0 Å². The van der Waals surface area contributed by atoms with E-state index in [1.807, 2.05) is 30.3 Å². The van der Waals surface area contributed by atoms with Crippen molar-refractivity contribution in [3.05, 3.63) is 77.4 Å². The molecule has 1 amide bonds. The van der Waals surface area contributed by atoms with E-state index in [2.05, 4.69) is 27.4 Å². The molecule has 3 aromatic rings. The summed E-state index contributed by atoms with van der Waals surface area (Å²) in [5.74, 6) is 0.0476. The third kappa shape index (κ3) is 4.28. The summed E-state index contributed by atoms with van der Waals surface area (Å²) in [6.07, 6.45) is 2.85. The number of benzene rings is 2. The Balaban J connectivity index is 1.36. The van der Waals surface area contributed by atoms with Crippen molar-refractivity contribution in [1.29, 1.82) is 0 Å². The van der Waals surface area contributed by atoms with E-state index in [9.17, 15) is 9.18 Å². The second-order valence-corrected chi connectivity index (χ2v) is 8.61. The Morgan fingerprint density at radius 2 is 1.94 bits per heavy atom. The number of anilines is 1. The van der Waals surface area contributed by atoms with Crippen LogP contribution >= 0.6 is 0 Å². The number of hydrazone groups is 1. The van der Waals surface area contributed by atoms with E-state index in [1.54, 1.807) is 11.0 Å². The van der Waals surface area contributed by atoms with Gasteiger partial charge in [-0.1, -0.05) is 43.3 Å². The van der Waals surface area contributed by atoms with Crippen LogP contribution in [0.5, 0.6) is 0 Å². The normalized spacial score (nSPS) is 18.2. The molecule has 0 bridgehead atoms. The number of halogens is 1. The van der Waals surface area contributed by atoms with Gasteiger partial charge in [0.05, 0.1) is 17.5 Å². The number of rotatable bonds is 4. The second-order valence-electron chi connectivity index (χ2n) is 8.61. The van der Waals surface area contributed by atoms with E-state index in [0.717, 1.165) is 18.4 Å². The average molecular weight is 461 g/mol. The SMILES string of the molecule is CC1CCN(C(=O)c2ccc(-c3cnc(N)c(C4=NNC(c5ccccc5)O4)n3)cc2F)CC1. The highest BCUT2D eigenvalue weighted by Crippen LogP contribution is 2.26. The number of carbonyl (C=O) groups is 1. The molecule has 2 aromatic carbocycles. The lowest BCUT2D eigenvalue weighted by Crippen LogP contribution is -2.38. The predicted molar refractivity (Wildman–Crippen MR) is 126 cm³/mol. The molecule has 1 fully saturated rings. The summed E-state index contributed by atoms with van der Waals surface area (Å²) < 4.78 is 20.8. The summed E-state index contributed by atoms with van der Waals surface area (Å²) in [6.45, 7) is 3.46. The third-order valence-electron chi connectivity index (χ3n) is 6.18. The smallest absolute Gasteiger partial charge is 0.263 e. The molecule has 0 aliphatic carbocycles. The highest BCUT2D eigenvalue weighted by molar-refractivity contribution is 5.97. The van der Waals surface area contributed by atoms with Gasteiger partial charge in [-0.3, -0.25) is 10.2 Å². The number of likely N-dealkylation sites (tertiary alicyclic amines) is 1. The minimum atomic E-state index is -0.596. The standard InChI is InChI=1S/C25H25FN6O2/c1-15-9-11-32(12-10-15)25(33)18-8-7-17(13-19(18)26)20-14-28-22(27)21(29-20)24-31-30-23(34-24)16-5-3-2-4-6-16/h2-8,13-15,23,30H,9-12H2,1H3,(H2,27,28). The van der Waals surface area contributed by atoms with E-state index in [-0.39, 0.29) is 28.9 Å². The van der Waals surface area contributed by atoms with Gasteiger partial charge in [0.25, 0.3) is 11.8 Å². The maximum atomic E-state index is 15.0. The van der Waals surface area contributed by atoms with Gasteiger partial charge in [-0.15, -0.1) is 5.10 Å². The molecule has 1 saturated heterocycles. The number of nitrogens with zero attached hydrogens (tertiary/aromatic N) is 4. The molecule has 0 spiro atoms. The van der Waals surface area contributed by atoms with Gasteiger partial charge in [0, 0.05) is 24.2 Å². The molecule has 0 saturated carbocycles. The summed E-state index contributed by atoms with van der Waals surface area (Å²) in [5, 5.41) is 4.21. The van der Waals surface area contributed by atoms with Gasteiger partial charge in [0.2, 0.25) is 6.23 Å². The first-order valence-electron chi connectivity index (χ1n) is 11.3. The summed E-state index contributed by atoms with van der Waals surface area (Å²) in [6, 6.07) is 14.0. The van der Waals surface area contributed by atoms with Crippen LogP contribution in [-0.2, 0) is 4.74 Å². The minimum absolute atomic E-state index is 0.0559. The Morgan fingerprint density at radius 3 is 2.68 bits per heavy atom. The first kappa shape index (κ1) is 21.8. The molecule has 3 N–H and O–H groups in total. The number of hydrogen-bond donors (Lipinski definition) is 2. The molecule has 1 aromatic heterocycles. The minimum Gasteiger partial charge on any atom is -0.445 e. The van der Waals surface area contributed by atoms with Crippen LogP contribution in [0.1, 0.15) is 47.6 Å². The Morgan fingerprint density at radius 1 is 1.18 bits per heavy atom. The fraction of sp³-hybridized carbons (Fsp3) is 0.280. The predicted octanol–water partition coefficient (Wildman–Crippen LogP) is 3.72. The first-order valence-corrected chi connectivity index (χ1v) is 11.3. The number of nitrogens with two attached hydrogens (primary N) is 1. The van der Waals surface area contributed by atoms with Crippen molar-refractivity contribution in [3.8, 4) is 11.3 Å². The van der Waals surface area contributed by atoms with Crippen LogP contribution in [0.15, 0.2) is 59.8 Å². The van der Waals surface area contributed by atoms with E-state index in [0.29, 0.717) is 30.3 Å². The largest absolute Gasteiger partial charge is 0.445 e. The highest BCUT2D eigenvalue weighted by atomic mass is 19.1. The Bertz CT molecular complexity index is 1240. The first-order chi connectivity index (χ1) is 16.5. The zero-order valence-electron chi connectivity index (χ0n) is 18.7. The molecule has 9 heteroatoms. The second kappa shape index (κ2) is 9.09. The number of nitrogen functional groups attached to an aromatic ring is 1.